The van der Waals surface area contributed by atoms with Gasteiger partial charge < -0.3 is 19.5 Å². The molecule has 0 saturated heterocycles. The van der Waals surface area contributed by atoms with Crippen LogP contribution in [0.1, 0.15) is 6.92 Å². The number of furan rings is 1. The molecule has 0 aliphatic carbocycles. The molecule has 1 amide bonds. The van der Waals surface area contributed by atoms with E-state index in [4.69, 9.17) is 4.42 Å². The zero-order valence-corrected chi connectivity index (χ0v) is 15.6. The fraction of sp³-hybridized carbons (Fsp3) is 0.0526. The first-order chi connectivity index (χ1) is 13.3. The predicted octanol–water partition coefficient (Wildman–Crippen LogP) is 3.02. The van der Waals surface area contributed by atoms with Gasteiger partial charge in [0.1, 0.15) is 11.4 Å². The van der Waals surface area contributed by atoms with Gasteiger partial charge >= 0.3 is 7.60 Å². The van der Waals surface area contributed by atoms with Crippen LogP contribution in [0.2, 0.25) is 0 Å². The lowest BCUT2D eigenvalue weighted by Crippen LogP contribution is -2.05. The van der Waals surface area contributed by atoms with E-state index >= 15 is 0 Å². The quantitative estimate of drug-likeness (QED) is 0.456. The number of hydrogen-bond acceptors (Lipinski definition) is 4. The Kier molecular flexibility index (Phi) is 4.39. The molecule has 0 atom stereocenters. The summed E-state index contributed by atoms with van der Waals surface area (Å²) in [7, 11) is -4.44. The number of rotatable bonds is 4. The summed E-state index contributed by atoms with van der Waals surface area (Å²) in [5, 5.41) is 2.67. The van der Waals surface area contributed by atoms with E-state index in [0.29, 0.717) is 22.8 Å². The van der Waals surface area contributed by atoms with Crippen LogP contribution < -0.4 is 10.8 Å². The van der Waals surface area contributed by atoms with E-state index in [1.54, 1.807) is 12.3 Å². The molecule has 0 spiro atoms. The number of amides is 1. The van der Waals surface area contributed by atoms with Crippen molar-refractivity contribution in [3.63, 3.8) is 0 Å². The number of benzene rings is 1. The summed E-state index contributed by atoms with van der Waals surface area (Å²) in [5.41, 5.74) is 2.67. The Morgan fingerprint density at radius 2 is 1.86 bits per heavy atom. The van der Waals surface area contributed by atoms with Gasteiger partial charge in [-0.2, -0.15) is 0 Å². The molecule has 3 heterocycles. The molecule has 9 heteroatoms. The summed E-state index contributed by atoms with van der Waals surface area (Å²) < 4.78 is 18.5. The first-order valence-corrected chi connectivity index (χ1v) is 9.95. The highest BCUT2D eigenvalue weighted by Crippen LogP contribution is 2.36. The number of aromatic nitrogens is 2. The molecule has 3 aromatic heterocycles. The van der Waals surface area contributed by atoms with Crippen LogP contribution in [0.4, 0.5) is 5.82 Å². The molecule has 4 rings (SSSR count). The molecule has 142 valence electrons. The molecular formula is C19H16N3O5P. The minimum atomic E-state index is -4.44. The van der Waals surface area contributed by atoms with Crippen molar-refractivity contribution in [1.82, 2.24) is 9.38 Å². The Morgan fingerprint density at radius 1 is 1.11 bits per heavy atom. The summed E-state index contributed by atoms with van der Waals surface area (Å²) in [6.07, 6.45) is 1.73. The maximum absolute atomic E-state index is 11.4. The van der Waals surface area contributed by atoms with E-state index < -0.39 is 7.60 Å². The molecule has 0 bridgehead atoms. The molecule has 3 N–H and O–H groups in total. The van der Waals surface area contributed by atoms with E-state index in [-0.39, 0.29) is 11.4 Å². The van der Waals surface area contributed by atoms with Crippen LogP contribution in [0.25, 0.3) is 28.2 Å². The molecule has 0 unspecified atom stereocenters. The number of carbonyl (C=O) groups excluding carboxylic acids is 1. The van der Waals surface area contributed by atoms with E-state index in [1.165, 1.54) is 19.1 Å². The van der Waals surface area contributed by atoms with Crippen LogP contribution in [0.15, 0.2) is 65.2 Å². The van der Waals surface area contributed by atoms with Crippen molar-refractivity contribution in [2.75, 3.05) is 5.32 Å². The predicted molar refractivity (Wildman–Crippen MR) is 104 cm³/mol. The van der Waals surface area contributed by atoms with Gasteiger partial charge in [-0.3, -0.25) is 13.8 Å². The number of carbonyl (C=O) groups is 1. The van der Waals surface area contributed by atoms with E-state index in [2.05, 4.69) is 10.3 Å². The second-order valence-electron chi connectivity index (χ2n) is 6.21. The van der Waals surface area contributed by atoms with Gasteiger partial charge in [0.2, 0.25) is 11.4 Å². The minimum absolute atomic E-state index is 0.203. The van der Waals surface area contributed by atoms with Crippen LogP contribution in [0, 0.1) is 0 Å². The van der Waals surface area contributed by atoms with Gasteiger partial charge in [0, 0.05) is 12.5 Å². The van der Waals surface area contributed by atoms with Gasteiger partial charge in [0.05, 0.1) is 11.9 Å². The Morgan fingerprint density at radius 3 is 2.57 bits per heavy atom. The van der Waals surface area contributed by atoms with Gasteiger partial charge in [-0.05, 0) is 35.9 Å². The van der Waals surface area contributed by atoms with Crippen molar-refractivity contribution in [2.24, 2.45) is 0 Å². The normalized spacial score (nSPS) is 11.7. The van der Waals surface area contributed by atoms with Crippen LogP contribution in [0.3, 0.4) is 0 Å². The maximum Gasteiger partial charge on any atom is 0.391 e. The van der Waals surface area contributed by atoms with Crippen molar-refractivity contribution in [2.45, 2.75) is 6.92 Å². The van der Waals surface area contributed by atoms with Crippen molar-refractivity contribution < 1.29 is 23.6 Å². The van der Waals surface area contributed by atoms with Crippen LogP contribution in [-0.4, -0.2) is 25.1 Å². The van der Waals surface area contributed by atoms with Crippen LogP contribution in [0.5, 0.6) is 0 Å². The van der Waals surface area contributed by atoms with Gasteiger partial charge in [-0.1, -0.05) is 24.3 Å². The summed E-state index contributed by atoms with van der Waals surface area (Å²) in [6, 6.07) is 15.8. The van der Waals surface area contributed by atoms with Gasteiger partial charge in [0.15, 0.2) is 5.82 Å². The van der Waals surface area contributed by atoms with Crippen LogP contribution in [-0.2, 0) is 9.36 Å². The molecule has 28 heavy (non-hydrogen) atoms. The summed E-state index contributed by atoms with van der Waals surface area (Å²) in [5.74, 6) is 0.607. The monoisotopic (exact) mass is 397 g/mol. The molecule has 1 aromatic carbocycles. The first kappa shape index (κ1) is 18.2. The van der Waals surface area contributed by atoms with Crippen LogP contribution >= 0.6 is 7.60 Å². The van der Waals surface area contributed by atoms with E-state index in [0.717, 1.165) is 11.3 Å². The molecule has 0 radical (unpaired) electrons. The second-order valence-corrected chi connectivity index (χ2v) is 7.74. The van der Waals surface area contributed by atoms with Gasteiger partial charge in [-0.25, -0.2) is 4.98 Å². The number of pyridine rings is 1. The number of imidazole rings is 1. The third-order valence-electron chi connectivity index (χ3n) is 4.12. The van der Waals surface area contributed by atoms with Crippen molar-refractivity contribution in [1.29, 1.82) is 0 Å². The number of nitrogens with one attached hydrogen (secondary N) is 1. The number of anilines is 1. The lowest BCUT2D eigenvalue weighted by Gasteiger charge is -2.07. The molecule has 0 aliphatic rings. The smallest absolute Gasteiger partial charge is 0.391 e. The standard InChI is InChI=1S/C19H16N3O5P/c1-12(23)20-17-11-22-15(6-3-7-18(22)21-17)13-4-2-5-14(10-13)16-8-9-19(27-16)28(24,25)26/h2-11H,1H3,(H,20,23)(H2,24,25,26). The molecule has 0 fully saturated rings. The number of fused-ring (bicyclic) bond motifs is 1. The number of nitrogens with zero attached hydrogens (tertiary/aromatic N) is 2. The summed E-state index contributed by atoms with van der Waals surface area (Å²) >= 11 is 0. The lowest BCUT2D eigenvalue weighted by molar-refractivity contribution is -0.114. The SMILES string of the molecule is CC(=O)Nc1cn2c(-c3cccc(-c4ccc(P(=O)(O)O)o4)c3)cccc2n1. The Hall–Kier alpha value is -3.19. The molecule has 0 aliphatic heterocycles. The molecular weight excluding hydrogens is 381 g/mol. The highest BCUT2D eigenvalue weighted by atomic mass is 31.2. The molecule has 8 nitrogen and oxygen atoms in total. The second kappa shape index (κ2) is 6.76. The fourth-order valence-electron chi connectivity index (χ4n) is 2.96. The van der Waals surface area contributed by atoms with Crippen molar-refractivity contribution >= 4 is 30.5 Å². The maximum atomic E-state index is 11.4. The molecule has 0 saturated carbocycles. The third kappa shape index (κ3) is 3.48. The van der Waals surface area contributed by atoms with Gasteiger partial charge in [-0.15, -0.1) is 0 Å². The Labute approximate surface area is 159 Å². The van der Waals surface area contributed by atoms with Crippen molar-refractivity contribution in [3.05, 3.63) is 60.8 Å². The van der Waals surface area contributed by atoms with Gasteiger partial charge in [0.25, 0.3) is 0 Å². The third-order valence-corrected chi connectivity index (χ3v) is 4.93. The summed E-state index contributed by atoms with van der Waals surface area (Å²) in [6.45, 7) is 1.42. The largest absolute Gasteiger partial charge is 0.448 e. The Bertz CT molecular complexity index is 1240. The highest BCUT2D eigenvalue weighted by Gasteiger charge is 2.22. The average molecular weight is 397 g/mol. The van der Waals surface area contributed by atoms with Crippen molar-refractivity contribution in [3.8, 4) is 22.6 Å². The number of hydrogen-bond donors (Lipinski definition) is 3. The average Bonchev–Trinajstić information content (AvgIpc) is 3.27. The minimum Gasteiger partial charge on any atom is -0.448 e. The fourth-order valence-corrected chi connectivity index (χ4v) is 3.44. The molecule has 4 aromatic rings. The first-order valence-electron chi connectivity index (χ1n) is 8.34. The lowest BCUT2D eigenvalue weighted by atomic mass is 10.1. The highest BCUT2D eigenvalue weighted by molar-refractivity contribution is 7.59. The summed E-state index contributed by atoms with van der Waals surface area (Å²) in [4.78, 5) is 34.2. The Balaban J connectivity index is 1.77. The van der Waals surface area contributed by atoms with E-state index in [9.17, 15) is 19.1 Å². The zero-order valence-electron chi connectivity index (χ0n) is 14.7. The topological polar surface area (TPSA) is 117 Å². The van der Waals surface area contributed by atoms with E-state index in [1.807, 2.05) is 40.8 Å². The zero-order chi connectivity index (χ0) is 19.9.